The number of ether oxygens (including phenoxy) is 5. The molecule has 2 amide bonds. The zero-order chi connectivity index (χ0) is 25.1. The number of benzene rings is 2. The van der Waals surface area contributed by atoms with Crippen LogP contribution in [0.15, 0.2) is 30.3 Å². The Morgan fingerprint density at radius 3 is 2.51 bits per heavy atom. The normalized spacial score (nSPS) is 16.8. The van der Waals surface area contributed by atoms with Crippen molar-refractivity contribution >= 4 is 29.2 Å². The molecule has 0 saturated carbocycles. The van der Waals surface area contributed by atoms with Crippen molar-refractivity contribution in [2.75, 3.05) is 44.2 Å². The van der Waals surface area contributed by atoms with E-state index in [0.29, 0.717) is 30.4 Å². The maximum atomic E-state index is 13.0. The molecule has 0 bridgehead atoms. The lowest BCUT2D eigenvalue weighted by molar-refractivity contribution is -0.122. The number of hydrogen-bond acceptors (Lipinski definition) is 8. The lowest BCUT2D eigenvalue weighted by atomic mass is 10.1. The van der Waals surface area contributed by atoms with E-state index in [1.54, 1.807) is 18.2 Å². The number of alkyl halides is 2. The summed E-state index contributed by atoms with van der Waals surface area (Å²) in [5.74, 6) is -1.94. The van der Waals surface area contributed by atoms with E-state index in [2.05, 4.69) is 10.1 Å². The molecule has 1 N–H and O–H groups in total. The molecular weight excluding hydrogens is 470 g/mol. The first-order valence-corrected chi connectivity index (χ1v) is 10.6. The highest BCUT2D eigenvalue weighted by Crippen LogP contribution is 2.37. The average Bonchev–Trinajstić information content (AvgIpc) is 3.24. The van der Waals surface area contributed by atoms with E-state index in [-0.39, 0.29) is 41.6 Å². The van der Waals surface area contributed by atoms with Gasteiger partial charge in [-0.25, -0.2) is 4.79 Å². The van der Waals surface area contributed by atoms with Crippen molar-refractivity contribution in [1.82, 2.24) is 0 Å². The Morgan fingerprint density at radius 1 is 1.09 bits per heavy atom. The van der Waals surface area contributed by atoms with Gasteiger partial charge in [0.05, 0.1) is 31.4 Å². The summed E-state index contributed by atoms with van der Waals surface area (Å²) in [5.41, 5.74) is 0.290. The average molecular weight is 492 g/mol. The molecule has 35 heavy (non-hydrogen) atoms. The summed E-state index contributed by atoms with van der Waals surface area (Å²) in [6.07, 6.45) is -0.0929. The zero-order valence-electron chi connectivity index (χ0n) is 18.8. The van der Waals surface area contributed by atoms with Crippen molar-refractivity contribution < 1.29 is 46.8 Å². The predicted molar refractivity (Wildman–Crippen MR) is 117 cm³/mol. The molecule has 1 saturated heterocycles. The first-order chi connectivity index (χ1) is 16.8. The van der Waals surface area contributed by atoms with Gasteiger partial charge in [0.25, 0.3) is 0 Å². The molecule has 0 radical (unpaired) electrons. The van der Waals surface area contributed by atoms with E-state index < -0.39 is 24.4 Å². The van der Waals surface area contributed by atoms with Crippen LogP contribution < -0.4 is 29.2 Å². The van der Waals surface area contributed by atoms with Crippen LogP contribution >= 0.6 is 0 Å². The van der Waals surface area contributed by atoms with E-state index in [0.717, 1.165) is 19.2 Å². The van der Waals surface area contributed by atoms with Crippen LogP contribution in [-0.4, -0.2) is 58.4 Å². The number of nitrogens with zero attached hydrogens (tertiary/aromatic N) is 1. The van der Waals surface area contributed by atoms with Gasteiger partial charge in [-0.1, -0.05) is 0 Å². The Balaban J connectivity index is 1.55. The van der Waals surface area contributed by atoms with Crippen LogP contribution in [0.2, 0.25) is 0 Å². The number of fused-ring (bicyclic) bond motifs is 1. The second-order valence-corrected chi connectivity index (χ2v) is 7.64. The maximum absolute atomic E-state index is 13.0. The predicted octanol–water partition coefficient (Wildman–Crippen LogP) is 2.85. The number of anilines is 2. The van der Waals surface area contributed by atoms with Gasteiger partial charge in [0.15, 0.2) is 23.0 Å². The van der Waals surface area contributed by atoms with Crippen LogP contribution in [0.5, 0.6) is 23.0 Å². The summed E-state index contributed by atoms with van der Waals surface area (Å²) < 4.78 is 50.9. The van der Waals surface area contributed by atoms with Crippen molar-refractivity contribution in [2.24, 2.45) is 5.92 Å². The molecule has 1 fully saturated rings. The highest BCUT2D eigenvalue weighted by atomic mass is 19.3. The third-order valence-corrected chi connectivity index (χ3v) is 5.52. The Kier molecular flexibility index (Phi) is 6.90. The van der Waals surface area contributed by atoms with Gasteiger partial charge in [0.2, 0.25) is 11.8 Å². The molecule has 4 rings (SSSR count). The molecule has 0 spiro atoms. The molecular formula is C23H22F2N2O8. The molecule has 2 aliphatic heterocycles. The summed E-state index contributed by atoms with van der Waals surface area (Å²) in [6, 6.07) is 7.22. The van der Waals surface area contributed by atoms with Gasteiger partial charge in [-0.2, -0.15) is 8.78 Å². The fraction of sp³-hybridized carbons (Fsp3) is 0.348. The summed E-state index contributed by atoms with van der Waals surface area (Å²) in [6.45, 7) is -2.28. The summed E-state index contributed by atoms with van der Waals surface area (Å²) >= 11 is 0. The third kappa shape index (κ3) is 5.05. The van der Waals surface area contributed by atoms with Crippen LogP contribution in [0.4, 0.5) is 20.2 Å². The van der Waals surface area contributed by atoms with Crippen LogP contribution in [0.3, 0.4) is 0 Å². The van der Waals surface area contributed by atoms with Crippen LogP contribution in [0, 0.1) is 5.92 Å². The molecule has 2 aromatic rings. The topological polar surface area (TPSA) is 113 Å². The SMILES string of the molecule is COC(=O)c1cc(OC)c(OC(F)F)cc1NC(=O)C1CC(=O)N(c2ccc3c(c2)OCCO3)C1. The molecule has 2 heterocycles. The van der Waals surface area contributed by atoms with Crippen molar-refractivity contribution in [1.29, 1.82) is 0 Å². The van der Waals surface area contributed by atoms with E-state index in [9.17, 15) is 23.2 Å². The highest BCUT2D eigenvalue weighted by molar-refractivity contribution is 6.06. The summed E-state index contributed by atoms with van der Waals surface area (Å²) in [4.78, 5) is 39.4. The van der Waals surface area contributed by atoms with Crippen LogP contribution in [0.25, 0.3) is 0 Å². The van der Waals surface area contributed by atoms with Gasteiger partial charge >= 0.3 is 12.6 Å². The first kappa shape index (κ1) is 24.0. The Morgan fingerprint density at radius 2 is 1.83 bits per heavy atom. The Labute approximate surface area is 198 Å². The van der Waals surface area contributed by atoms with Gasteiger partial charge in [-0.05, 0) is 12.1 Å². The van der Waals surface area contributed by atoms with E-state index >= 15 is 0 Å². The molecule has 10 nitrogen and oxygen atoms in total. The summed E-state index contributed by atoms with van der Waals surface area (Å²) in [5, 5.41) is 2.53. The van der Waals surface area contributed by atoms with Gasteiger partial charge in [0, 0.05) is 36.9 Å². The van der Waals surface area contributed by atoms with Crippen molar-refractivity contribution in [3.05, 3.63) is 35.9 Å². The third-order valence-electron chi connectivity index (χ3n) is 5.52. The number of nitrogens with one attached hydrogen (secondary N) is 1. The number of carbonyl (C=O) groups is 3. The van der Waals surface area contributed by atoms with Gasteiger partial charge in [-0.3, -0.25) is 9.59 Å². The Bertz CT molecular complexity index is 1160. The molecule has 0 aliphatic carbocycles. The van der Waals surface area contributed by atoms with Crippen molar-refractivity contribution in [3.8, 4) is 23.0 Å². The highest BCUT2D eigenvalue weighted by Gasteiger charge is 2.36. The standard InChI is InChI=1S/C23H22F2N2O8/c1-31-17-9-14(22(30)32-2)15(10-19(17)35-23(24)25)26-21(29)12-7-20(28)27(11-12)13-3-4-16-18(8-13)34-6-5-33-16/h3-4,8-10,12,23H,5-7,11H2,1-2H3,(H,26,29). The molecule has 186 valence electrons. The van der Waals surface area contributed by atoms with Crippen LogP contribution in [-0.2, 0) is 14.3 Å². The second-order valence-electron chi connectivity index (χ2n) is 7.64. The smallest absolute Gasteiger partial charge is 0.387 e. The molecule has 2 aliphatic rings. The second kappa shape index (κ2) is 10.0. The van der Waals surface area contributed by atoms with Gasteiger partial charge in [0.1, 0.15) is 13.2 Å². The number of carbonyl (C=O) groups excluding carboxylic acids is 3. The number of hydrogen-bond donors (Lipinski definition) is 1. The van der Waals surface area contributed by atoms with Gasteiger partial charge in [-0.15, -0.1) is 0 Å². The largest absolute Gasteiger partial charge is 0.493 e. The van der Waals surface area contributed by atoms with Crippen molar-refractivity contribution in [3.63, 3.8) is 0 Å². The number of rotatable bonds is 7. The zero-order valence-corrected chi connectivity index (χ0v) is 18.8. The van der Waals surface area contributed by atoms with Crippen LogP contribution in [0.1, 0.15) is 16.8 Å². The van der Waals surface area contributed by atoms with E-state index in [4.69, 9.17) is 18.9 Å². The molecule has 12 heteroatoms. The fourth-order valence-corrected chi connectivity index (χ4v) is 3.86. The quantitative estimate of drug-likeness (QED) is 0.588. The van der Waals surface area contributed by atoms with E-state index in [1.165, 1.54) is 12.0 Å². The lowest BCUT2D eigenvalue weighted by Crippen LogP contribution is -2.28. The number of halogens is 2. The number of amides is 2. The molecule has 2 aromatic carbocycles. The van der Waals surface area contributed by atoms with Gasteiger partial charge < -0.3 is 33.9 Å². The molecule has 1 unspecified atom stereocenters. The van der Waals surface area contributed by atoms with Crippen molar-refractivity contribution in [2.45, 2.75) is 13.0 Å². The lowest BCUT2D eigenvalue weighted by Gasteiger charge is -2.22. The maximum Gasteiger partial charge on any atom is 0.387 e. The monoisotopic (exact) mass is 492 g/mol. The fourth-order valence-electron chi connectivity index (χ4n) is 3.86. The minimum absolute atomic E-state index is 0.0639. The van der Waals surface area contributed by atoms with E-state index in [1.807, 2.05) is 0 Å². The summed E-state index contributed by atoms with van der Waals surface area (Å²) in [7, 11) is 2.34. The minimum Gasteiger partial charge on any atom is -0.493 e. The number of esters is 1. The molecule has 0 aromatic heterocycles. The first-order valence-electron chi connectivity index (χ1n) is 10.6. The minimum atomic E-state index is -3.16. The number of methoxy groups -OCH3 is 2. The Hall–Kier alpha value is -4.09. The molecule has 1 atom stereocenters.